The number of rotatable bonds is 3. The van der Waals surface area contributed by atoms with Crippen LogP contribution in [0.1, 0.15) is 5.56 Å². The first-order valence-corrected chi connectivity index (χ1v) is 5.76. The van der Waals surface area contributed by atoms with E-state index in [-0.39, 0.29) is 0 Å². The van der Waals surface area contributed by atoms with Gasteiger partial charge in [0.25, 0.3) is 0 Å². The Balaban J connectivity index is 2.18. The van der Waals surface area contributed by atoms with Crippen molar-refractivity contribution >= 4 is 17.3 Å². The monoisotopic (exact) mass is 258 g/mol. The van der Waals surface area contributed by atoms with Crippen LogP contribution in [0.5, 0.6) is 11.5 Å². The number of benzene rings is 2. The predicted molar refractivity (Wildman–Crippen MR) is 72.2 cm³/mol. The number of hydrogen-bond acceptors (Lipinski definition) is 3. The van der Waals surface area contributed by atoms with Crippen molar-refractivity contribution in [2.24, 2.45) is 0 Å². The molecule has 2 aromatic rings. The van der Waals surface area contributed by atoms with E-state index in [1.165, 1.54) is 0 Å². The Hall–Kier alpha value is -2.18. The zero-order chi connectivity index (χ0) is 13.0. The van der Waals surface area contributed by atoms with Gasteiger partial charge in [0.2, 0.25) is 0 Å². The van der Waals surface area contributed by atoms with Crippen LogP contribution in [0, 0.1) is 11.3 Å². The van der Waals surface area contributed by atoms with E-state index in [0.29, 0.717) is 16.3 Å². The van der Waals surface area contributed by atoms with Gasteiger partial charge in [0.1, 0.15) is 17.6 Å². The van der Waals surface area contributed by atoms with E-state index in [4.69, 9.17) is 21.6 Å². The second kappa shape index (κ2) is 5.44. The Bertz CT molecular complexity index is 588. The van der Waals surface area contributed by atoms with Crippen LogP contribution in [0.15, 0.2) is 42.5 Å². The third-order valence-corrected chi connectivity index (χ3v) is 2.75. The number of halogens is 1. The lowest BCUT2D eigenvalue weighted by molar-refractivity contribution is 0.483. The highest BCUT2D eigenvalue weighted by Crippen LogP contribution is 2.27. The molecule has 0 aromatic heterocycles. The van der Waals surface area contributed by atoms with E-state index in [0.717, 1.165) is 11.4 Å². The van der Waals surface area contributed by atoms with E-state index < -0.39 is 0 Å². The molecule has 0 radical (unpaired) electrons. The zero-order valence-electron chi connectivity index (χ0n) is 9.77. The summed E-state index contributed by atoms with van der Waals surface area (Å²) in [4.78, 5) is 0. The van der Waals surface area contributed by atoms with Crippen molar-refractivity contribution in [1.82, 2.24) is 0 Å². The van der Waals surface area contributed by atoms with Crippen molar-refractivity contribution in [3.8, 4) is 17.6 Å². The summed E-state index contributed by atoms with van der Waals surface area (Å²) in [6.07, 6.45) is 0. The van der Waals surface area contributed by atoms with Gasteiger partial charge in [-0.3, -0.25) is 0 Å². The lowest BCUT2D eigenvalue weighted by atomic mass is 10.2. The third-order valence-electron chi connectivity index (χ3n) is 2.44. The molecule has 4 heteroatoms. The molecule has 90 valence electrons. The fourth-order valence-electron chi connectivity index (χ4n) is 1.48. The smallest absolute Gasteiger partial charge is 0.129 e. The normalized spacial score (nSPS) is 9.61. The van der Waals surface area contributed by atoms with Crippen LogP contribution in [-0.2, 0) is 0 Å². The zero-order valence-corrected chi connectivity index (χ0v) is 10.5. The van der Waals surface area contributed by atoms with Crippen molar-refractivity contribution in [1.29, 1.82) is 5.26 Å². The highest BCUT2D eigenvalue weighted by molar-refractivity contribution is 6.31. The average molecular weight is 259 g/mol. The summed E-state index contributed by atoms with van der Waals surface area (Å²) in [6.45, 7) is 0. The molecule has 2 rings (SSSR count). The SMILES string of the molecule is CNc1ccc(Oc2ccc(C#N)c(Cl)c2)cc1. The Morgan fingerprint density at radius 1 is 1.11 bits per heavy atom. The van der Waals surface area contributed by atoms with Crippen LogP contribution in [0.2, 0.25) is 5.02 Å². The van der Waals surface area contributed by atoms with Crippen LogP contribution in [0.4, 0.5) is 5.69 Å². The van der Waals surface area contributed by atoms with Crippen molar-refractivity contribution in [3.63, 3.8) is 0 Å². The second-order valence-corrected chi connectivity index (χ2v) is 4.04. The van der Waals surface area contributed by atoms with Crippen LogP contribution in [0.3, 0.4) is 0 Å². The molecule has 3 nitrogen and oxygen atoms in total. The minimum Gasteiger partial charge on any atom is -0.457 e. The van der Waals surface area contributed by atoms with Crippen LogP contribution in [0.25, 0.3) is 0 Å². The van der Waals surface area contributed by atoms with Gasteiger partial charge in [-0.25, -0.2) is 0 Å². The molecular weight excluding hydrogens is 248 g/mol. The van der Waals surface area contributed by atoms with Gasteiger partial charge in [-0.1, -0.05) is 11.6 Å². The minimum absolute atomic E-state index is 0.391. The van der Waals surface area contributed by atoms with Crippen molar-refractivity contribution in [2.75, 3.05) is 12.4 Å². The summed E-state index contributed by atoms with van der Waals surface area (Å²) in [6, 6.07) is 14.5. The second-order valence-electron chi connectivity index (χ2n) is 3.63. The first-order valence-electron chi connectivity index (χ1n) is 5.38. The highest BCUT2D eigenvalue weighted by atomic mass is 35.5. The molecule has 0 spiro atoms. The van der Waals surface area contributed by atoms with Gasteiger partial charge in [0.15, 0.2) is 0 Å². The highest BCUT2D eigenvalue weighted by Gasteiger charge is 2.03. The first kappa shape index (κ1) is 12.3. The Kier molecular flexibility index (Phi) is 3.71. The Morgan fingerprint density at radius 2 is 1.78 bits per heavy atom. The summed E-state index contributed by atoms with van der Waals surface area (Å²) in [5, 5.41) is 12.2. The molecule has 0 amide bonds. The number of nitriles is 1. The van der Waals surface area contributed by atoms with E-state index in [2.05, 4.69) is 5.32 Å². The van der Waals surface area contributed by atoms with E-state index >= 15 is 0 Å². The summed E-state index contributed by atoms with van der Waals surface area (Å²) >= 11 is 5.93. The van der Waals surface area contributed by atoms with Gasteiger partial charge in [-0.2, -0.15) is 5.26 Å². The Labute approximate surface area is 111 Å². The number of anilines is 1. The fourth-order valence-corrected chi connectivity index (χ4v) is 1.69. The maximum atomic E-state index is 8.77. The van der Waals surface area contributed by atoms with Crippen molar-refractivity contribution in [2.45, 2.75) is 0 Å². The Morgan fingerprint density at radius 3 is 2.33 bits per heavy atom. The quantitative estimate of drug-likeness (QED) is 0.903. The van der Waals surface area contributed by atoms with E-state index in [9.17, 15) is 0 Å². The third kappa shape index (κ3) is 2.73. The molecule has 0 bridgehead atoms. The molecular formula is C14H11ClN2O. The van der Waals surface area contributed by atoms with Gasteiger partial charge in [0.05, 0.1) is 10.6 Å². The van der Waals surface area contributed by atoms with E-state index in [1.807, 2.05) is 37.4 Å². The summed E-state index contributed by atoms with van der Waals surface area (Å²) in [7, 11) is 1.86. The molecule has 2 aromatic carbocycles. The molecule has 0 aliphatic rings. The topological polar surface area (TPSA) is 45.0 Å². The maximum absolute atomic E-state index is 8.77. The maximum Gasteiger partial charge on any atom is 0.129 e. The molecule has 0 saturated heterocycles. The van der Waals surface area contributed by atoms with Crippen molar-refractivity contribution in [3.05, 3.63) is 53.1 Å². The molecule has 0 atom stereocenters. The number of ether oxygens (including phenoxy) is 1. The van der Waals surface area contributed by atoms with Crippen LogP contribution < -0.4 is 10.1 Å². The van der Waals surface area contributed by atoms with Crippen molar-refractivity contribution < 1.29 is 4.74 Å². The number of hydrogen-bond donors (Lipinski definition) is 1. The molecule has 0 unspecified atom stereocenters. The van der Waals surface area contributed by atoms with Gasteiger partial charge >= 0.3 is 0 Å². The number of nitrogens with zero attached hydrogens (tertiary/aromatic N) is 1. The van der Waals surface area contributed by atoms with Crippen LogP contribution in [-0.4, -0.2) is 7.05 Å². The van der Waals surface area contributed by atoms with Crippen LogP contribution >= 0.6 is 11.6 Å². The van der Waals surface area contributed by atoms with Gasteiger partial charge in [0, 0.05) is 18.8 Å². The van der Waals surface area contributed by atoms with E-state index in [1.54, 1.807) is 18.2 Å². The fraction of sp³-hybridized carbons (Fsp3) is 0.0714. The molecule has 1 N–H and O–H groups in total. The summed E-state index contributed by atoms with van der Waals surface area (Å²) in [5.74, 6) is 1.32. The van der Waals surface area contributed by atoms with Gasteiger partial charge < -0.3 is 10.1 Å². The molecule has 0 saturated carbocycles. The minimum atomic E-state index is 0.391. The lowest BCUT2D eigenvalue weighted by Gasteiger charge is -2.07. The summed E-state index contributed by atoms with van der Waals surface area (Å²) in [5.41, 5.74) is 1.45. The van der Waals surface area contributed by atoms with Gasteiger partial charge in [-0.05, 0) is 36.4 Å². The predicted octanol–water partition coefficient (Wildman–Crippen LogP) is 4.05. The molecule has 0 aliphatic heterocycles. The number of nitrogens with one attached hydrogen (secondary N) is 1. The lowest BCUT2D eigenvalue weighted by Crippen LogP contribution is -1.88. The largest absolute Gasteiger partial charge is 0.457 e. The van der Waals surface area contributed by atoms with Gasteiger partial charge in [-0.15, -0.1) is 0 Å². The first-order chi connectivity index (χ1) is 8.72. The molecule has 0 heterocycles. The molecule has 18 heavy (non-hydrogen) atoms. The standard InChI is InChI=1S/C14H11ClN2O/c1-17-11-3-6-12(7-4-11)18-13-5-2-10(9-16)14(15)8-13/h2-8,17H,1H3. The summed E-state index contributed by atoms with van der Waals surface area (Å²) < 4.78 is 5.64. The molecule has 0 fully saturated rings. The molecule has 0 aliphatic carbocycles. The average Bonchev–Trinajstić information content (AvgIpc) is 2.40.